The Bertz CT molecular complexity index is 213. The van der Waals surface area contributed by atoms with Gasteiger partial charge < -0.3 is 15.4 Å². The molecule has 0 aromatic carbocycles. The van der Waals surface area contributed by atoms with Crippen molar-refractivity contribution >= 4 is 5.91 Å². The number of amides is 1. The van der Waals surface area contributed by atoms with Crippen LogP contribution in [0.3, 0.4) is 0 Å². The molecule has 2 N–H and O–H groups in total. The van der Waals surface area contributed by atoms with Crippen LogP contribution in [0, 0.1) is 5.92 Å². The van der Waals surface area contributed by atoms with Crippen molar-refractivity contribution < 1.29 is 9.53 Å². The Hall–Kier alpha value is -0.610. The van der Waals surface area contributed by atoms with Gasteiger partial charge in [0.1, 0.15) is 0 Å². The minimum atomic E-state index is 0.0550. The molecule has 0 aromatic rings. The van der Waals surface area contributed by atoms with Crippen LogP contribution in [0.15, 0.2) is 0 Å². The van der Waals surface area contributed by atoms with E-state index in [0.717, 1.165) is 32.0 Å². The number of morpholine rings is 1. The first-order valence-electron chi connectivity index (χ1n) is 6.77. The smallest absolute Gasteiger partial charge is 0.222 e. The minimum Gasteiger partial charge on any atom is -0.375 e. The third kappa shape index (κ3) is 7.34. The van der Waals surface area contributed by atoms with Crippen LogP contribution in [0.1, 0.15) is 39.5 Å². The predicted molar refractivity (Wildman–Crippen MR) is 68.9 cm³/mol. The third-order valence-electron chi connectivity index (χ3n) is 2.95. The van der Waals surface area contributed by atoms with Gasteiger partial charge >= 0.3 is 0 Å². The highest BCUT2D eigenvalue weighted by Crippen LogP contribution is 2.05. The maximum atomic E-state index is 11.6. The zero-order valence-electron chi connectivity index (χ0n) is 11.1. The largest absolute Gasteiger partial charge is 0.375 e. The van der Waals surface area contributed by atoms with Gasteiger partial charge in [-0.2, -0.15) is 0 Å². The molecule has 4 nitrogen and oxygen atoms in total. The standard InChI is InChI=1S/C13H26N2O2/c1-11(2)5-3-4-6-15-13(16)9-12-10-14-7-8-17-12/h11-12,14H,3-10H2,1-2H3,(H,15,16). The molecule has 1 unspecified atom stereocenters. The van der Waals surface area contributed by atoms with Crippen molar-refractivity contribution in [2.75, 3.05) is 26.2 Å². The fourth-order valence-corrected chi connectivity index (χ4v) is 1.94. The summed E-state index contributed by atoms with van der Waals surface area (Å²) < 4.78 is 5.48. The van der Waals surface area contributed by atoms with Crippen LogP contribution in [0.4, 0.5) is 0 Å². The Balaban J connectivity index is 1.97. The molecule has 1 amide bonds. The predicted octanol–water partition coefficient (Wildman–Crippen LogP) is 1.31. The van der Waals surface area contributed by atoms with Gasteiger partial charge in [0.15, 0.2) is 0 Å². The van der Waals surface area contributed by atoms with E-state index < -0.39 is 0 Å². The lowest BCUT2D eigenvalue weighted by molar-refractivity contribution is -0.124. The number of ether oxygens (including phenoxy) is 1. The molecule has 0 spiro atoms. The van der Waals surface area contributed by atoms with Crippen molar-refractivity contribution in [3.63, 3.8) is 0 Å². The number of rotatable bonds is 7. The maximum Gasteiger partial charge on any atom is 0.222 e. The lowest BCUT2D eigenvalue weighted by atomic mass is 10.1. The summed E-state index contributed by atoms with van der Waals surface area (Å²) in [6, 6.07) is 0. The monoisotopic (exact) mass is 242 g/mol. The normalized spacial score (nSPS) is 20.5. The fraction of sp³-hybridized carbons (Fsp3) is 0.923. The van der Waals surface area contributed by atoms with E-state index in [4.69, 9.17) is 4.74 Å². The number of hydrogen-bond acceptors (Lipinski definition) is 3. The van der Waals surface area contributed by atoms with E-state index in [2.05, 4.69) is 24.5 Å². The Kier molecular flexibility index (Phi) is 7.21. The first-order valence-corrected chi connectivity index (χ1v) is 6.77. The Morgan fingerprint density at radius 3 is 2.94 bits per heavy atom. The van der Waals surface area contributed by atoms with Gasteiger partial charge in [-0.05, 0) is 12.3 Å². The van der Waals surface area contributed by atoms with E-state index >= 15 is 0 Å². The lowest BCUT2D eigenvalue weighted by Gasteiger charge is -2.23. The van der Waals surface area contributed by atoms with Crippen molar-refractivity contribution in [1.82, 2.24) is 10.6 Å². The van der Waals surface area contributed by atoms with Crippen LogP contribution < -0.4 is 10.6 Å². The summed E-state index contributed by atoms with van der Waals surface area (Å²) in [5.74, 6) is 0.871. The van der Waals surface area contributed by atoms with E-state index in [1.165, 1.54) is 12.8 Å². The van der Waals surface area contributed by atoms with Crippen molar-refractivity contribution in [2.24, 2.45) is 5.92 Å². The molecular weight excluding hydrogens is 216 g/mol. The van der Waals surface area contributed by atoms with Gasteiger partial charge in [-0.25, -0.2) is 0 Å². The second-order valence-corrected chi connectivity index (χ2v) is 5.14. The van der Waals surface area contributed by atoms with Crippen LogP contribution >= 0.6 is 0 Å². The summed E-state index contributed by atoms with van der Waals surface area (Å²) in [6.07, 6.45) is 4.05. The second-order valence-electron chi connectivity index (χ2n) is 5.14. The molecule has 0 aliphatic carbocycles. The maximum absolute atomic E-state index is 11.6. The first kappa shape index (κ1) is 14.5. The highest BCUT2D eigenvalue weighted by Gasteiger charge is 2.16. The molecule has 0 radical (unpaired) electrons. The van der Waals surface area contributed by atoms with Crippen LogP contribution in [-0.4, -0.2) is 38.3 Å². The SMILES string of the molecule is CC(C)CCCCNC(=O)CC1CNCCO1. The Labute approximate surface area is 104 Å². The molecule has 1 aliphatic rings. The number of unbranched alkanes of at least 4 members (excludes halogenated alkanes) is 1. The first-order chi connectivity index (χ1) is 8.18. The number of carbonyl (C=O) groups is 1. The zero-order chi connectivity index (χ0) is 12.5. The number of nitrogens with one attached hydrogen (secondary N) is 2. The fourth-order valence-electron chi connectivity index (χ4n) is 1.94. The lowest BCUT2D eigenvalue weighted by Crippen LogP contribution is -2.41. The molecule has 1 saturated heterocycles. The van der Waals surface area contributed by atoms with E-state index in [0.29, 0.717) is 13.0 Å². The van der Waals surface area contributed by atoms with E-state index in [-0.39, 0.29) is 12.0 Å². The molecule has 1 rings (SSSR count). The number of carbonyl (C=O) groups excluding carboxylic acids is 1. The van der Waals surface area contributed by atoms with Crippen molar-refractivity contribution in [3.8, 4) is 0 Å². The van der Waals surface area contributed by atoms with E-state index in [1.807, 2.05) is 0 Å². The summed E-state index contributed by atoms with van der Waals surface area (Å²) in [4.78, 5) is 11.6. The highest BCUT2D eigenvalue weighted by molar-refractivity contribution is 5.76. The zero-order valence-corrected chi connectivity index (χ0v) is 11.1. The van der Waals surface area contributed by atoms with Gasteiger partial charge in [0.05, 0.1) is 19.1 Å². The molecule has 1 fully saturated rings. The van der Waals surface area contributed by atoms with Crippen LogP contribution in [0.25, 0.3) is 0 Å². The summed E-state index contributed by atoms with van der Waals surface area (Å²) in [7, 11) is 0. The average molecular weight is 242 g/mol. The van der Waals surface area contributed by atoms with Crippen LogP contribution in [-0.2, 0) is 9.53 Å². The molecule has 4 heteroatoms. The van der Waals surface area contributed by atoms with Gasteiger partial charge in [-0.1, -0.05) is 26.7 Å². The molecule has 0 bridgehead atoms. The Morgan fingerprint density at radius 2 is 2.29 bits per heavy atom. The molecule has 100 valence electrons. The van der Waals surface area contributed by atoms with E-state index in [9.17, 15) is 4.79 Å². The summed E-state index contributed by atoms with van der Waals surface area (Å²) in [5, 5.41) is 6.18. The topological polar surface area (TPSA) is 50.4 Å². The third-order valence-corrected chi connectivity index (χ3v) is 2.95. The van der Waals surface area contributed by atoms with Gasteiger partial charge in [0, 0.05) is 19.6 Å². The average Bonchev–Trinajstić information content (AvgIpc) is 2.29. The minimum absolute atomic E-state index is 0.0550. The van der Waals surface area contributed by atoms with Gasteiger partial charge in [0.2, 0.25) is 5.91 Å². The number of hydrogen-bond donors (Lipinski definition) is 2. The molecule has 1 heterocycles. The van der Waals surface area contributed by atoms with Gasteiger partial charge in [-0.3, -0.25) is 4.79 Å². The second kappa shape index (κ2) is 8.48. The molecule has 0 saturated carbocycles. The summed E-state index contributed by atoms with van der Waals surface area (Å²) in [6.45, 7) is 7.66. The van der Waals surface area contributed by atoms with Crippen molar-refractivity contribution in [2.45, 2.75) is 45.6 Å². The molecule has 1 aliphatic heterocycles. The van der Waals surface area contributed by atoms with Crippen molar-refractivity contribution in [1.29, 1.82) is 0 Å². The molecular formula is C13H26N2O2. The van der Waals surface area contributed by atoms with E-state index in [1.54, 1.807) is 0 Å². The van der Waals surface area contributed by atoms with Crippen LogP contribution in [0.5, 0.6) is 0 Å². The van der Waals surface area contributed by atoms with Gasteiger partial charge in [-0.15, -0.1) is 0 Å². The van der Waals surface area contributed by atoms with Gasteiger partial charge in [0.25, 0.3) is 0 Å². The molecule has 0 aromatic heterocycles. The van der Waals surface area contributed by atoms with Crippen molar-refractivity contribution in [3.05, 3.63) is 0 Å². The molecule has 17 heavy (non-hydrogen) atoms. The summed E-state index contributed by atoms with van der Waals surface area (Å²) >= 11 is 0. The molecule has 1 atom stereocenters. The van der Waals surface area contributed by atoms with Crippen LogP contribution in [0.2, 0.25) is 0 Å². The quantitative estimate of drug-likeness (QED) is 0.662. The highest BCUT2D eigenvalue weighted by atomic mass is 16.5. The Morgan fingerprint density at radius 1 is 1.47 bits per heavy atom. The summed E-state index contributed by atoms with van der Waals surface area (Å²) in [5.41, 5.74) is 0.